The lowest BCUT2D eigenvalue weighted by atomic mass is 10.1. The van der Waals surface area contributed by atoms with E-state index in [4.69, 9.17) is 4.99 Å². The van der Waals surface area contributed by atoms with Crippen molar-refractivity contribution in [1.82, 2.24) is 5.32 Å². The highest BCUT2D eigenvalue weighted by atomic mass is 15.2. The van der Waals surface area contributed by atoms with Gasteiger partial charge < -0.3 is 16.0 Å². The van der Waals surface area contributed by atoms with Gasteiger partial charge >= 0.3 is 0 Å². The predicted molar refractivity (Wildman–Crippen MR) is 84.5 cm³/mol. The predicted octanol–water partition coefficient (Wildman–Crippen LogP) is 2.79. The minimum atomic E-state index is 0.364. The first-order chi connectivity index (χ1) is 9.90. The van der Waals surface area contributed by atoms with Gasteiger partial charge in [-0.2, -0.15) is 0 Å². The molecule has 2 aromatic rings. The molecule has 2 aliphatic rings. The van der Waals surface area contributed by atoms with Crippen LogP contribution in [0.2, 0.25) is 0 Å². The molecule has 1 saturated heterocycles. The van der Waals surface area contributed by atoms with Gasteiger partial charge in [0.25, 0.3) is 0 Å². The van der Waals surface area contributed by atoms with Gasteiger partial charge in [0.2, 0.25) is 5.96 Å². The first kappa shape index (κ1) is 11.7. The van der Waals surface area contributed by atoms with Crippen molar-refractivity contribution in [3.05, 3.63) is 36.4 Å². The fraction of sp³-hybridized carbons (Fsp3) is 0.312. The Hall–Kier alpha value is -2.07. The molecule has 3 N–H and O–H groups in total. The van der Waals surface area contributed by atoms with E-state index in [0.29, 0.717) is 6.04 Å². The van der Waals surface area contributed by atoms with E-state index in [2.05, 4.69) is 52.3 Å². The Bertz CT molecular complexity index is 628. The van der Waals surface area contributed by atoms with Crippen LogP contribution in [0.4, 0.5) is 11.4 Å². The molecule has 0 radical (unpaired) electrons. The van der Waals surface area contributed by atoms with Crippen molar-refractivity contribution in [2.75, 3.05) is 23.7 Å². The van der Waals surface area contributed by atoms with Gasteiger partial charge in [-0.3, -0.25) is 0 Å². The summed E-state index contributed by atoms with van der Waals surface area (Å²) in [6.07, 6.45) is 2.36. The highest BCUT2D eigenvalue weighted by molar-refractivity contribution is 6.19. The Morgan fingerprint density at radius 3 is 2.40 bits per heavy atom. The number of benzene rings is 2. The van der Waals surface area contributed by atoms with Gasteiger partial charge in [0.1, 0.15) is 0 Å². The van der Waals surface area contributed by atoms with Crippen molar-refractivity contribution in [3.8, 4) is 0 Å². The fourth-order valence-electron chi connectivity index (χ4n) is 3.03. The molecule has 2 heterocycles. The zero-order chi connectivity index (χ0) is 13.4. The van der Waals surface area contributed by atoms with Crippen molar-refractivity contribution in [1.29, 1.82) is 0 Å². The highest BCUT2D eigenvalue weighted by Crippen LogP contribution is 2.33. The van der Waals surface area contributed by atoms with E-state index in [9.17, 15) is 0 Å². The zero-order valence-corrected chi connectivity index (χ0v) is 11.3. The molecule has 0 aromatic heterocycles. The lowest BCUT2D eigenvalue weighted by Crippen LogP contribution is -2.35. The summed E-state index contributed by atoms with van der Waals surface area (Å²) in [6, 6.07) is 13.0. The Kier molecular flexibility index (Phi) is 2.81. The molecule has 0 spiro atoms. The molecular weight excluding hydrogens is 248 g/mol. The van der Waals surface area contributed by atoms with Gasteiger partial charge in [-0.1, -0.05) is 24.3 Å². The second-order valence-corrected chi connectivity index (χ2v) is 5.44. The summed E-state index contributed by atoms with van der Waals surface area (Å²) in [7, 11) is 0. The number of aliphatic imine (C=N–C) groups is 1. The van der Waals surface area contributed by atoms with Crippen LogP contribution in [0, 0.1) is 0 Å². The van der Waals surface area contributed by atoms with Gasteiger partial charge in [-0.25, -0.2) is 4.99 Å². The van der Waals surface area contributed by atoms with Crippen molar-refractivity contribution in [3.63, 3.8) is 0 Å². The van der Waals surface area contributed by atoms with Crippen LogP contribution in [0.15, 0.2) is 41.4 Å². The summed E-state index contributed by atoms with van der Waals surface area (Å²) in [6.45, 7) is 2.09. The van der Waals surface area contributed by atoms with Crippen LogP contribution >= 0.6 is 0 Å². The van der Waals surface area contributed by atoms with Crippen LogP contribution in [-0.4, -0.2) is 25.1 Å². The Morgan fingerprint density at radius 1 is 1.00 bits per heavy atom. The quantitative estimate of drug-likeness (QED) is 0.744. The summed E-state index contributed by atoms with van der Waals surface area (Å²) >= 11 is 0. The summed E-state index contributed by atoms with van der Waals surface area (Å²) in [5, 5.41) is 12.7. The van der Waals surface area contributed by atoms with Crippen molar-refractivity contribution < 1.29 is 0 Å². The molecule has 4 rings (SSSR count). The summed E-state index contributed by atoms with van der Waals surface area (Å²) in [5.74, 6) is 0.866. The largest absolute Gasteiger partial charge is 0.325 e. The van der Waals surface area contributed by atoms with Crippen LogP contribution in [0.1, 0.15) is 12.8 Å². The van der Waals surface area contributed by atoms with Gasteiger partial charge in [0, 0.05) is 11.9 Å². The molecule has 0 amide bonds. The van der Waals surface area contributed by atoms with E-state index >= 15 is 0 Å². The molecule has 20 heavy (non-hydrogen) atoms. The van der Waals surface area contributed by atoms with E-state index in [0.717, 1.165) is 36.8 Å². The maximum absolute atomic E-state index is 4.81. The molecule has 0 bridgehead atoms. The molecule has 102 valence electrons. The molecule has 0 saturated carbocycles. The van der Waals surface area contributed by atoms with Crippen LogP contribution in [0.25, 0.3) is 10.8 Å². The number of nitrogens with one attached hydrogen (secondary N) is 3. The van der Waals surface area contributed by atoms with Gasteiger partial charge in [0.05, 0.1) is 17.4 Å². The molecular formula is C16H18N4. The normalized spacial score (nSPS) is 21.2. The number of anilines is 2. The summed E-state index contributed by atoms with van der Waals surface area (Å²) < 4.78 is 0. The second-order valence-electron chi connectivity index (χ2n) is 5.44. The van der Waals surface area contributed by atoms with E-state index in [1.54, 1.807) is 0 Å². The third kappa shape index (κ3) is 2.02. The minimum absolute atomic E-state index is 0.364. The Morgan fingerprint density at radius 2 is 1.75 bits per heavy atom. The fourth-order valence-corrected chi connectivity index (χ4v) is 3.03. The van der Waals surface area contributed by atoms with E-state index < -0.39 is 0 Å². The number of rotatable bonds is 1. The van der Waals surface area contributed by atoms with Crippen molar-refractivity contribution >= 4 is 28.1 Å². The smallest absolute Gasteiger partial charge is 0.200 e. The zero-order valence-electron chi connectivity index (χ0n) is 11.3. The Balaban J connectivity index is 1.70. The molecule has 0 aliphatic carbocycles. The van der Waals surface area contributed by atoms with Crippen LogP contribution < -0.4 is 16.0 Å². The topological polar surface area (TPSA) is 48.5 Å². The van der Waals surface area contributed by atoms with Gasteiger partial charge in [-0.05, 0) is 36.9 Å². The molecule has 2 aromatic carbocycles. The van der Waals surface area contributed by atoms with E-state index in [1.165, 1.54) is 17.2 Å². The van der Waals surface area contributed by atoms with E-state index in [-0.39, 0.29) is 0 Å². The average Bonchev–Trinajstić information content (AvgIpc) is 2.49. The second kappa shape index (κ2) is 4.80. The van der Waals surface area contributed by atoms with Gasteiger partial charge in [-0.15, -0.1) is 0 Å². The van der Waals surface area contributed by atoms with Crippen molar-refractivity contribution in [2.24, 2.45) is 4.99 Å². The van der Waals surface area contributed by atoms with Crippen molar-refractivity contribution in [2.45, 2.75) is 18.9 Å². The van der Waals surface area contributed by atoms with E-state index in [1.807, 2.05) is 0 Å². The van der Waals surface area contributed by atoms with Gasteiger partial charge in [0.15, 0.2) is 0 Å². The number of hydrogen-bond donors (Lipinski definition) is 3. The number of piperidine rings is 1. The molecule has 4 nitrogen and oxygen atoms in total. The first-order valence-electron chi connectivity index (χ1n) is 7.24. The summed E-state index contributed by atoms with van der Waals surface area (Å²) in [4.78, 5) is 4.81. The number of guanidine groups is 1. The lowest BCUT2D eigenvalue weighted by Gasteiger charge is -2.25. The average molecular weight is 266 g/mol. The minimum Gasteiger partial charge on any atom is -0.325 e. The molecule has 2 aliphatic heterocycles. The molecule has 1 fully saturated rings. The van der Waals surface area contributed by atoms with Crippen LogP contribution in [-0.2, 0) is 0 Å². The monoisotopic (exact) mass is 266 g/mol. The SMILES string of the molecule is c1cc2c3c(cccc3c1)NC(=NC1CCCNC1)N2. The van der Waals surface area contributed by atoms with Crippen LogP contribution in [0.5, 0.6) is 0 Å². The number of hydrogen-bond acceptors (Lipinski definition) is 2. The lowest BCUT2D eigenvalue weighted by molar-refractivity contribution is 0.461. The molecule has 1 unspecified atom stereocenters. The maximum Gasteiger partial charge on any atom is 0.200 e. The number of nitrogens with zero attached hydrogens (tertiary/aromatic N) is 1. The maximum atomic E-state index is 4.81. The standard InChI is InChI=1S/C16H18N4/c1-4-11-5-2-8-14-15(11)13(7-1)19-16(20-14)18-12-6-3-9-17-10-12/h1-2,4-5,7-8,12,17H,3,6,9-10H2,(H2,18,19,20). The third-order valence-corrected chi connectivity index (χ3v) is 3.99. The first-order valence-corrected chi connectivity index (χ1v) is 7.24. The molecule has 1 atom stereocenters. The Labute approximate surface area is 118 Å². The third-order valence-electron chi connectivity index (χ3n) is 3.99. The molecule has 4 heteroatoms. The van der Waals surface area contributed by atoms with Crippen LogP contribution in [0.3, 0.4) is 0 Å². The highest BCUT2D eigenvalue weighted by Gasteiger charge is 2.18. The summed E-state index contributed by atoms with van der Waals surface area (Å²) in [5.41, 5.74) is 2.28.